The first-order valence-electron chi connectivity index (χ1n) is 5.67. The first-order chi connectivity index (χ1) is 10.4. The van der Waals surface area contributed by atoms with E-state index < -0.39 is 28.1 Å². The molecule has 0 fully saturated rings. The van der Waals surface area contributed by atoms with Gasteiger partial charge >= 0.3 is 12.1 Å². The number of aliphatic carboxylic acids is 1. The minimum atomic E-state index is -5.19. The molecule has 0 aliphatic carbocycles. The van der Waals surface area contributed by atoms with Crippen LogP contribution in [0.1, 0.15) is 10.4 Å². The third kappa shape index (κ3) is 8.67. The van der Waals surface area contributed by atoms with Gasteiger partial charge in [-0.15, -0.1) is 0 Å². The van der Waals surface area contributed by atoms with Crippen LogP contribution in [0.15, 0.2) is 18.5 Å². The lowest BCUT2D eigenvalue weighted by molar-refractivity contribution is -0.750. The number of aromatic carboxylic acids is 1. The predicted octanol–water partition coefficient (Wildman–Crippen LogP) is -2.08. The number of alkyl halides is 3. The van der Waals surface area contributed by atoms with Gasteiger partial charge in [0.15, 0.2) is 12.7 Å². The highest BCUT2D eigenvalue weighted by molar-refractivity contribution is 7.89. The molecule has 23 heavy (non-hydrogen) atoms. The normalized spacial score (nSPS) is 11.3. The third-order valence-electron chi connectivity index (χ3n) is 2.15. The van der Waals surface area contributed by atoms with E-state index in [0.29, 0.717) is 0 Å². The van der Waals surface area contributed by atoms with Gasteiger partial charge in [-0.2, -0.15) is 13.2 Å². The molecular formula is C10H12F3N3O6S. The van der Waals surface area contributed by atoms with Crippen LogP contribution in [0.25, 0.3) is 0 Å². The Morgan fingerprint density at radius 2 is 1.96 bits per heavy atom. The largest absolute Gasteiger partial charge is 0.542 e. The Hall–Kier alpha value is -2.28. The van der Waals surface area contributed by atoms with E-state index in [1.165, 1.54) is 30.2 Å². The lowest BCUT2D eigenvalue weighted by Gasteiger charge is -2.03. The van der Waals surface area contributed by atoms with E-state index in [9.17, 15) is 26.4 Å². The number of halogens is 3. The monoisotopic (exact) mass is 359 g/mol. The van der Waals surface area contributed by atoms with Crippen LogP contribution in [-0.4, -0.2) is 49.5 Å². The molecular weight excluding hydrogens is 347 g/mol. The molecule has 0 aliphatic heterocycles. The topological polar surface area (TPSA) is 140 Å². The Morgan fingerprint density at radius 1 is 1.43 bits per heavy atom. The molecule has 2 N–H and O–H groups in total. The van der Waals surface area contributed by atoms with Crippen molar-refractivity contribution in [2.24, 2.45) is 0 Å². The lowest BCUT2D eigenvalue weighted by Crippen LogP contribution is -2.42. The fourth-order valence-electron chi connectivity index (χ4n) is 0.959. The van der Waals surface area contributed by atoms with Crippen LogP contribution in [0.2, 0.25) is 0 Å². The number of nitrogens with one attached hydrogen (secondary N) is 1. The Balaban J connectivity index is 0.000000585. The van der Waals surface area contributed by atoms with Crippen molar-refractivity contribution in [3.63, 3.8) is 0 Å². The molecule has 130 valence electrons. The zero-order chi connectivity index (χ0) is 18.3. The molecule has 1 aromatic rings. The van der Waals surface area contributed by atoms with E-state index in [-0.39, 0.29) is 17.9 Å². The molecule has 0 spiro atoms. The van der Waals surface area contributed by atoms with Crippen molar-refractivity contribution < 1.29 is 46.1 Å². The standard InChI is InChI=1S/C8H11N3O4S.C2HF3O2/c1-9-16(14,15)5-4-11-3-2-7(6-10-11)8(12)13;3-2(4,5)1(6)7/h2-3,6,9H,4-5H2,1H3;(H,6,7). The smallest absolute Gasteiger partial charge is 0.430 e. The molecule has 13 heteroatoms. The zero-order valence-corrected chi connectivity index (χ0v) is 12.4. The summed E-state index contributed by atoms with van der Waals surface area (Å²) in [6, 6.07) is 1.36. The lowest BCUT2D eigenvalue weighted by atomic mass is 10.3. The van der Waals surface area contributed by atoms with Crippen molar-refractivity contribution >= 4 is 22.0 Å². The molecule has 0 amide bonds. The SMILES string of the molecule is CNS(=O)(=O)CC[n+]1ccc(C(=O)O)cn1.O=C([O-])C(F)(F)F. The van der Waals surface area contributed by atoms with Gasteiger partial charge in [0.05, 0.1) is 5.56 Å². The van der Waals surface area contributed by atoms with E-state index in [1.54, 1.807) is 0 Å². The molecule has 0 radical (unpaired) electrons. The quantitative estimate of drug-likeness (QED) is 0.575. The highest BCUT2D eigenvalue weighted by Gasteiger charge is 2.28. The van der Waals surface area contributed by atoms with Gasteiger partial charge in [-0.25, -0.2) is 17.9 Å². The highest BCUT2D eigenvalue weighted by Crippen LogP contribution is 2.11. The molecule has 0 atom stereocenters. The molecule has 1 aromatic heterocycles. The van der Waals surface area contributed by atoms with Gasteiger partial charge in [-0.05, 0) is 12.1 Å². The Labute approximate surface area is 128 Å². The number of aryl methyl sites for hydroxylation is 1. The van der Waals surface area contributed by atoms with Crippen molar-refractivity contribution in [2.45, 2.75) is 12.7 Å². The second-order valence-corrected chi connectivity index (χ2v) is 5.84. The second kappa shape index (κ2) is 8.38. The average Bonchev–Trinajstić information content (AvgIpc) is 2.45. The maximum absolute atomic E-state index is 11.1. The average molecular weight is 359 g/mol. The molecule has 1 rings (SSSR count). The van der Waals surface area contributed by atoms with Crippen LogP contribution < -0.4 is 14.5 Å². The number of aromatic nitrogens is 2. The van der Waals surface area contributed by atoms with Crippen molar-refractivity contribution in [3.8, 4) is 0 Å². The number of carbonyl (C=O) groups excluding carboxylic acids is 1. The molecule has 1 heterocycles. The highest BCUT2D eigenvalue weighted by atomic mass is 32.2. The van der Waals surface area contributed by atoms with Gasteiger partial charge in [0.25, 0.3) is 0 Å². The minimum Gasteiger partial charge on any atom is -0.542 e. The fourth-order valence-corrected chi connectivity index (χ4v) is 1.59. The van der Waals surface area contributed by atoms with Crippen LogP contribution in [-0.2, 0) is 21.4 Å². The van der Waals surface area contributed by atoms with Gasteiger partial charge in [0, 0.05) is 6.07 Å². The molecule has 0 saturated carbocycles. The maximum Gasteiger partial charge on any atom is 0.430 e. The summed E-state index contributed by atoms with van der Waals surface area (Å²) >= 11 is 0. The number of sulfonamides is 1. The maximum atomic E-state index is 11.1. The van der Waals surface area contributed by atoms with Crippen molar-refractivity contribution in [2.75, 3.05) is 12.8 Å². The summed E-state index contributed by atoms with van der Waals surface area (Å²) in [5.41, 5.74) is 0.0627. The van der Waals surface area contributed by atoms with Gasteiger partial charge < -0.3 is 15.0 Å². The third-order valence-corrected chi connectivity index (χ3v) is 3.49. The van der Waals surface area contributed by atoms with Gasteiger partial charge in [-0.1, -0.05) is 4.68 Å². The van der Waals surface area contributed by atoms with E-state index in [4.69, 9.17) is 15.0 Å². The first-order valence-corrected chi connectivity index (χ1v) is 7.32. The molecule has 0 aromatic carbocycles. The minimum absolute atomic E-state index is 0.0627. The summed E-state index contributed by atoms with van der Waals surface area (Å²) < 4.78 is 57.3. The van der Waals surface area contributed by atoms with Gasteiger partial charge in [-0.3, -0.25) is 0 Å². The van der Waals surface area contributed by atoms with Crippen LogP contribution >= 0.6 is 0 Å². The fraction of sp³-hybridized carbons (Fsp3) is 0.400. The summed E-state index contributed by atoms with van der Waals surface area (Å²) in [5.74, 6) is -4.18. The van der Waals surface area contributed by atoms with Gasteiger partial charge in [0.1, 0.15) is 17.9 Å². The number of hydrogen-bond acceptors (Lipinski definition) is 6. The number of carboxylic acid groups (broad SMARTS) is 2. The summed E-state index contributed by atoms with van der Waals surface area (Å²) in [5, 5.41) is 21.2. The number of hydrogen-bond donors (Lipinski definition) is 2. The Bertz CT molecular complexity index is 645. The number of carboxylic acids is 2. The van der Waals surface area contributed by atoms with Crippen LogP contribution in [0, 0.1) is 0 Å². The van der Waals surface area contributed by atoms with Gasteiger partial charge in [0.2, 0.25) is 10.0 Å². The van der Waals surface area contributed by atoms with Crippen LogP contribution in [0.4, 0.5) is 13.2 Å². The predicted molar refractivity (Wildman–Crippen MR) is 65.3 cm³/mol. The Kier molecular flexibility index (Phi) is 7.55. The summed E-state index contributed by atoms with van der Waals surface area (Å²) in [7, 11) is -1.94. The van der Waals surface area contributed by atoms with Crippen molar-refractivity contribution in [1.29, 1.82) is 0 Å². The first kappa shape index (κ1) is 20.7. The van der Waals surface area contributed by atoms with E-state index in [0.717, 1.165) is 0 Å². The number of rotatable bonds is 5. The number of carbonyl (C=O) groups is 2. The van der Waals surface area contributed by atoms with Crippen molar-refractivity contribution in [1.82, 2.24) is 9.82 Å². The molecule has 0 unspecified atom stereocenters. The zero-order valence-electron chi connectivity index (χ0n) is 11.6. The van der Waals surface area contributed by atoms with E-state index in [1.807, 2.05) is 0 Å². The summed E-state index contributed by atoms with van der Waals surface area (Å²) in [6.07, 6.45) is -2.59. The second-order valence-electron chi connectivity index (χ2n) is 3.79. The summed E-state index contributed by atoms with van der Waals surface area (Å²) in [4.78, 5) is 19.3. The van der Waals surface area contributed by atoms with Crippen molar-refractivity contribution in [3.05, 3.63) is 24.0 Å². The molecule has 9 nitrogen and oxygen atoms in total. The Morgan fingerprint density at radius 3 is 2.26 bits per heavy atom. The summed E-state index contributed by atoms with van der Waals surface area (Å²) in [6.45, 7) is 0.170. The molecule has 0 aliphatic rings. The van der Waals surface area contributed by atoms with Crippen LogP contribution in [0.3, 0.4) is 0 Å². The van der Waals surface area contributed by atoms with E-state index in [2.05, 4.69) is 9.82 Å². The van der Waals surface area contributed by atoms with E-state index >= 15 is 0 Å². The molecule has 0 saturated heterocycles. The molecule has 0 bridgehead atoms. The number of nitrogens with zero attached hydrogens (tertiary/aromatic N) is 2. The van der Waals surface area contributed by atoms with Crippen LogP contribution in [0.5, 0.6) is 0 Å².